The summed E-state index contributed by atoms with van der Waals surface area (Å²) in [5.74, 6) is -1.66. The summed E-state index contributed by atoms with van der Waals surface area (Å²) in [5.41, 5.74) is 4.71. The molecule has 2 aromatic carbocycles. The van der Waals surface area contributed by atoms with Crippen LogP contribution in [-0.4, -0.2) is 25.3 Å². The zero-order valence-corrected chi connectivity index (χ0v) is 16.2. The van der Waals surface area contributed by atoms with Crippen LogP contribution < -0.4 is 11.0 Å². The Hall–Kier alpha value is -3.52. The van der Waals surface area contributed by atoms with Crippen molar-refractivity contribution in [3.63, 3.8) is 0 Å². The summed E-state index contributed by atoms with van der Waals surface area (Å²) < 4.78 is 16.4. The molecule has 2 aromatic heterocycles. The number of halogens is 2. The number of nitrogens with one attached hydrogen (secondary N) is 1. The highest BCUT2D eigenvalue weighted by Crippen LogP contribution is 2.19. The average molecular weight is 412 g/mol. The summed E-state index contributed by atoms with van der Waals surface area (Å²) in [6.07, 6.45) is 2.52. The Kier molecular flexibility index (Phi) is 4.63. The molecule has 0 atom stereocenters. The molecule has 146 valence electrons. The number of hydrogen-bond acceptors (Lipinski definition) is 4. The fraction of sp³-hybridized carbons (Fsp3) is 0.100. The molecule has 29 heavy (non-hydrogen) atoms. The van der Waals surface area contributed by atoms with E-state index in [9.17, 15) is 14.0 Å². The van der Waals surface area contributed by atoms with Crippen molar-refractivity contribution in [2.45, 2.75) is 13.8 Å². The number of aromatic nitrogens is 4. The quantitative estimate of drug-likeness (QED) is 0.560. The Morgan fingerprint density at radius 1 is 1.17 bits per heavy atom. The number of benzene rings is 2. The van der Waals surface area contributed by atoms with E-state index in [1.54, 1.807) is 4.68 Å². The second kappa shape index (κ2) is 7.14. The van der Waals surface area contributed by atoms with Crippen molar-refractivity contribution >= 4 is 28.5 Å². The molecule has 1 amide bonds. The van der Waals surface area contributed by atoms with E-state index in [-0.39, 0.29) is 16.0 Å². The molecule has 0 saturated heterocycles. The topological polar surface area (TPSA) is 81.8 Å². The smallest absolute Gasteiger partial charge is 0.267 e. The van der Waals surface area contributed by atoms with Gasteiger partial charge in [0.15, 0.2) is 5.65 Å². The standard InChI is InChI=1S/C20H15ClFN5O2/c1-11-6-7-13(8-12(11)2)27-18-14(9-24-27)20(29)26(10-23-18)25-19(28)17-15(21)4-3-5-16(17)22/h3-10H,1-2H3,(H,25,28). The van der Waals surface area contributed by atoms with Crippen LogP contribution in [0.1, 0.15) is 21.5 Å². The Balaban J connectivity index is 1.73. The van der Waals surface area contributed by atoms with Gasteiger partial charge in [-0.25, -0.2) is 18.7 Å². The van der Waals surface area contributed by atoms with Crippen molar-refractivity contribution in [3.8, 4) is 5.69 Å². The van der Waals surface area contributed by atoms with Crippen molar-refractivity contribution in [1.82, 2.24) is 19.4 Å². The van der Waals surface area contributed by atoms with Gasteiger partial charge in [-0.05, 0) is 49.2 Å². The summed E-state index contributed by atoms with van der Waals surface area (Å²) in [6.45, 7) is 3.98. The minimum Gasteiger partial charge on any atom is -0.267 e. The predicted octanol–water partition coefficient (Wildman–Crippen LogP) is 3.38. The molecule has 9 heteroatoms. The van der Waals surface area contributed by atoms with Crippen LogP contribution in [0, 0.1) is 19.7 Å². The molecule has 0 fully saturated rings. The van der Waals surface area contributed by atoms with Gasteiger partial charge in [-0.1, -0.05) is 23.7 Å². The van der Waals surface area contributed by atoms with Gasteiger partial charge in [0.05, 0.1) is 22.5 Å². The van der Waals surface area contributed by atoms with Gasteiger partial charge in [-0.2, -0.15) is 5.10 Å². The Labute approximate surface area is 169 Å². The summed E-state index contributed by atoms with van der Waals surface area (Å²) in [4.78, 5) is 29.4. The van der Waals surface area contributed by atoms with Crippen molar-refractivity contribution in [1.29, 1.82) is 0 Å². The number of nitrogens with zero attached hydrogens (tertiary/aromatic N) is 4. The molecule has 4 rings (SSSR count). The fourth-order valence-electron chi connectivity index (χ4n) is 2.92. The van der Waals surface area contributed by atoms with Crippen LogP contribution >= 0.6 is 11.6 Å². The van der Waals surface area contributed by atoms with Gasteiger partial charge in [0.2, 0.25) is 0 Å². The lowest BCUT2D eigenvalue weighted by atomic mass is 10.1. The van der Waals surface area contributed by atoms with E-state index in [0.29, 0.717) is 5.65 Å². The first-order valence-corrected chi connectivity index (χ1v) is 9.03. The van der Waals surface area contributed by atoms with Crippen molar-refractivity contribution in [2.24, 2.45) is 0 Å². The molecule has 1 N–H and O–H groups in total. The third kappa shape index (κ3) is 3.27. The highest BCUT2D eigenvalue weighted by molar-refractivity contribution is 6.34. The van der Waals surface area contributed by atoms with Crippen LogP contribution in [0.15, 0.2) is 53.7 Å². The van der Waals surface area contributed by atoms with E-state index < -0.39 is 17.3 Å². The molecule has 0 aliphatic heterocycles. The molecule has 0 unspecified atom stereocenters. The lowest BCUT2D eigenvalue weighted by Gasteiger charge is -2.10. The highest BCUT2D eigenvalue weighted by Gasteiger charge is 2.18. The van der Waals surface area contributed by atoms with E-state index in [2.05, 4.69) is 15.5 Å². The molecule has 0 bridgehead atoms. The lowest BCUT2D eigenvalue weighted by molar-refractivity contribution is 0.100. The monoisotopic (exact) mass is 411 g/mol. The molecule has 0 aliphatic rings. The predicted molar refractivity (Wildman–Crippen MR) is 108 cm³/mol. The average Bonchev–Trinajstić information content (AvgIpc) is 3.11. The molecule has 0 aliphatic carbocycles. The van der Waals surface area contributed by atoms with Crippen LogP contribution in [0.2, 0.25) is 5.02 Å². The molecule has 2 heterocycles. The van der Waals surface area contributed by atoms with Gasteiger partial charge in [0.1, 0.15) is 17.5 Å². The number of aryl methyl sites for hydroxylation is 2. The van der Waals surface area contributed by atoms with Gasteiger partial charge >= 0.3 is 0 Å². The zero-order chi connectivity index (χ0) is 20.7. The molecule has 7 nitrogen and oxygen atoms in total. The Bertz CT molecular complexity index is 1310. The summed E-state index contributed by atoms with van der Waals surface area (Å²) in [7, 11) is 0. The maximum absolute atomic E-state index is 13.9. The van der Waals surface area contributed by atoms with Crippen molar-refractivity contribution in [3.05, 3.63) is 86.8 Å². The van der Waals surface area contributed by atoms with E-state index in [1.807, 2.05) is 32.0 Å². The summed E-state index contributed by atoms with van der Waals surface area (Å²) in [6, 6.07) is 9.66. The van der Waals surface area contributed by atoms with E-state index >= 15 is 0 Å². The van der Waals surface area contributed by atoms with E-state index in [0.717, 1.165) is 33.9 Å². The van der Waals surface area contributed by atoms with Crippen LogP contribution in [-0.2, 0) is 0 Å². The summed E-state index contributed by atoms with van der Waals surface area (Å²) in [5, 5.41) is 4.39. The zero-order valence-electron chi connectivity index (χ0n) is 15.5. The van der Waals surface area contributed by atoms with Gasteiger partial charge in [-0.3, -0.25) is 15.0 Å². The van der Waals surface area contributed by atoms with Gasteiger partial charge in [0.25, 0.3) is 11.5 Å². The minimum atomic E-state index is -0.863. The highest BCUT2D eigenvalue weighted by atomic mass is 35.5. The van der Waals surface area contributed by atoms with Crippen LogP contribution in [0.25, 0.3) is 16.7 Å². The normalized spacial score (nSPS) is 11.0. The molecule has 0 saturated carbocycles. The van der Waals surface area contributed by atoms with E-state index in [4.69, 9.17) is 11.6 Å². The molecule has 0 radical (unpaired) electrons. The minimum absolute atomic E-state index is 0.0628. The van der Waals surface area contributed by atoms with Crippen LogP contribution in [0.3, 0.4) is 0 Å². The first-order valence-electron chi connectivity index (χ1n) is 8.65. The molecular formula is C20H15ClFN5O2. The third-order valence-electron chi connectivity index (χ3n) is 4.64. The second-order valence-corrected chi connectivity index (χ2v) is 6.93. The number of fused-ring (bicyclic) bond motifs is 1. The molecule has 4 aromatic rings. The maximum Gasteiger partial charge on any atom is 0.283 e. The van der Waals surface area contributed by atoms with E-state index in [1.165, 1.54) is 18.3 Å². The summed E-state index contributed by atoms with van der Waals surface area (Å²) >= 11 is 5.90. The van der Waals surface area contributed by atoms with Crippen LogP contribution in [0.4, 0.5) is 4.39 Å². The van der Waals surface area contributed by atoms with Gasteiger partial charge < -0.3 is 0 Å². The van der Waals surface area contributed by atoms with Crippen molar-refractivity contribution < 1.29 is 9.18 Å². The maximum atomic E-state index is 13.9. The number of rotatable bonds is 3. The van der Waals surface area contributed by atoms with Gasteiger partial charge in [-0.15, -0.1) is 0 Å². The number of hydrogen-bond donors (Lipinski definition) is 1. The van der Waals surface area contributed by atoms with Crippen molar-refractivity contribution in [2.75, 3.05) is 5.43 Å². The largest absolute Gasteiger partial charge is 0.283 e. The van der Waals surface area contributed by atoms with Crippen LogP contribution in [0.5, 0.6) is 0 Å². The Morgan fingerprint density at radius 3 is 2.69 bits per heavy atom. The SMILES string of the molecule is Cc1ccc(-n2ncc3c(=O)n(NC(=O)c4c(F)cccc4Cl)cnc32)cc1C. The number of amides is 1. The molecular weight excluding hydrogens is 397 g/mol. The lowest BCUT2D eigenvalue weighted by Crippen LogP contribution is -2.33. The first kappa shape index (κ1) is 18.8. The third-order valence-corrected chi connectivity index (χ3v) is 4.95. The number of carbonyl (C=O) groups is 1. The fourth-order valence-corrected chi connectivity index (χ4v) is 3.17. The molecule has 0 spiro atoms. The first-order chi connectivity index (χ1) is 13.9. The Morgan fingerprint density at radius 2 is 1.97 bits per heavy atom. The second-order valence-electron chi connectivity index (χ2n) is 6.52. The van der Waals surface area contributed by atoms with Gasteiger partial charge in [0, 0.05) is 0 Å². The number of carbonyl (C=O) groups excluding carboxylic acids is 1.